The van der Waals surface area contributed by atoms with Crippen LogP contribution in [-0.4, -0.2) is 47.1 Å². The molecule has 0 saturated carbocycles. The summed E-state index contributed by atoms with van der Waals surface area (Å²) >= 11 is 11.8. The number of nitriles is 1. The molecule has 186 valence electrons. The van der Waals surface area contributed by atoms with E-state index in [9.17, 15) is 9.18 Å². The first-order valence-electron chi connectivity index (χ1n) is 11.1. The monoisotopic (exact) mass is 529 g/mol. The summed E-state index contributed by atoms with van der Waals surface area (Å²) in [4.78, 5) is 22.6. The molecule has 2 heterocycles. The van der Waals surface area contributed by atoms with Crippen molar-refractivity contribution in [1.82, 2.24) is 14.9 Å². The summed E-state index contributed by atoms with van der Waals surface area (Å²) in [6.45, 7) is 2.59. The first kappa shape index (κ1) is 25.5. The number of nitrogens with zero attached hydrogens (tertiary/aromatic N) is 4. The number of benzene rings is 2. The molecular formula is C25H22Cl2FN5O3. The van der Waals surface area contributed by atoms with Gasteiger partial charge in [-0.3, -0.25) is 4.79 Å². The summed E-state index contributed by atoms with van der Waals surface area (Å²) in [5.74, 6) is 0.324. The quantitative estimate of drug-likeness (QED) is 0.249. The maximum absolute atomic E-state index is 14.6. The fourth-order valence-electron chi connectivity index (χ4n) is 3.93. The molecule has 1 fully saturated rings. The number of ether oxygens (including phenoxy) is 2. The summed E-state index contributed by atoms with van der Waals surface area (Å²) < 4.78 is 26.4. The van der Waals surface area contributed by atoms with Gasteiger partial charge in [0.25, 0.3) is 5.91 Å². The molecule has 0 aliphatic carbocycles. The molecule has 3 aromatic rings. The van der Waals surface area contributed by atoms with E-state index in [1.807, 2.05) is 6.07 Å². The number of halogens is 3. The van der Waals surface area contributed by atoms with Crippen LogP contribution >= 0.6 is 23.2 Å². The minimum atomic E-state index is -0.695. The van der Waals surface area contributed by atoms with Crippen molar-refractivity contribution in [3.8, 4) is 17.6 Å². The molecule has 0 bridgehead atoms. The normalized spacial score (nSPS) is 14.4. The van der Waals surface area contributed by atoms with Crippen LogP contribution in [0.25, 0.3) is 10.9 Å². The number of carbonyl (C=O) groups excluding carboxylic acids is 1. The Hall–Kier alpha value is -3.61. The Morgan fingerprint density at radius 3 is 2.67 bits per heavy atom. The highest BCUT2D eigenvalue weighted by molar-refractivity contribution is 6.42. The molecule has 1 saturated heterocycles. The molecular weight excluding hydrogens is 508 g/mol. The summed E-state index contributed by atoms with van der Waals surface area (Å²) in [7, 11) is 1.53. The number of nitrogens with one attached hydrogen (secondary N) is 1. The second-order valence-corrected chi connectivity index (χ2v) is 8.80. The number of hydrogen-bond donors (Lipinski definition) is 1. The zero-order valence-corrected chi connectivity index (χ0v) is 21.0. The number of likely N-dealkylation sites (tertiary alicyclic amines) is 1. The molecule has 0 atom stereocenters. The van der Waals surface area contributed by atoms with Crippen molar-refractivity contribution in [2.75, 3.05) is 25.5 Å². The van der Waals surface area contributed by atoms with Crippen LogP contribution in [0.3, 0.4) is 0 Å². The van der Waals surface area contributed by atoms with Crippen molar-refractivity contribution >= 4 is 51.5 Å². The lowest BCUT2D eigenvalue weighted by Crippen LogP contribution is -2.42. The summed E-state index contributed by atoms with van der Waals surface area (Å²) in [6, 6.07) is 8.34. The van der Waals surface area contributed by atoms with Gasteiger partial charge < -0.3 is 19.7 Å². The van der Waals surface area contributed by atoms with Crippen molar-refractivity contribution in [2.45, 2.75) is 25.9 Å². The molecule has 8 nitrogen and oxygen atoms in total. The number of methoxy groups -OCH3 is 1. The first-order chi connectivity index (χ1) is 17.4. The lowest BCUT2D eigenvalue weighted by molar-refractivity contribution is -0.128. The molecule has 1 aliphatic rings. The summed E-state index contributed by atoms with van der Waals surface area (Å²) in [5.41, 5.74) is 0.801. The average Bonchev–Trinajstić information content (AvgIpc) is 2.90. The van der Waals surface area contributed by atoms with Crippen molar-refractivity contribution < 1.29 is 18.7 Å². The Morgan fingerprint density at radius 1 is 1.25 bits per heavy atom. The van der Waals surface area contributed by atoms with Gasteiger partial charge in [-0.15, -0.1) is 0 Å². The summed E-state index contributed by atoms with van der Waals surface area (Å²) in [6.07, 6.45) is 3.86. The Labute approximate surface area is 217 Å². The van der Waals surface area contributed by atoms with Crippen LogP contribution in [0.4, 0.5) is 15.9 Å². The predicted octanol–water partition coefficient (Wildman–Crippen LogP) is 5.67. The Morgan fingerprint density at radius 2 is 2.00 bits per heavy atom. The molecule has 36 heavy (non-hydrogen) atoms. The molecule has 1 N–H and O–H groups in total. The number of hydrogen-bond acceptors (Lipinski definition) is 7. The topological polar surface area (TPSA) is 100 Å². The zero-order valence-electron chi connectivity index (χ0n) is 19.5. The molecule has 0 radical (unpaired) electrons. The first-order valence-corrected chi connectivity index (χ1v) is 11.9. The van der Waals surface area contributed by atoms with Crippen LogP contribution in [0.15, 0.2) is 42.2 Å². The fourth-order valence-corrected chi connectivity index (χ4v) is 4.24. The third-order valence-electron chi connectivity index (χ3n) is 5.87. The van der Waals surface area contributed by atoms with E-state index in [4.69, 9.17) is 37.9 Å². The SMILES string of the molecule is C/C=C(/C#N)C(=O)N1CCC(Oc2cc3c(Nc4ccc(Cl)c(Cl)c4F)ncnc3cc2OC)CC1. The van der Waals surface area contributed by atoms with Crippen LogP contribution in [0.1, 0.15) is 19.8 Å². The highest BCUT2D eigenvalue weighted by atomic mass is 35.5. The van der Waals surface area contributed by atoms with E-state index in [1.54, 1.807) is 24.0 Å². The number of anilines is 2. The van der Waals surface area contributed by atoms with E-state index in [1.165, 1.54) is 31.6 Å². The number of amides is 1. The Balaban J connectivity index is 1.57. The highest BCUT2D eigenvalue weighted by Crippen LogP contribution is 2.37. The van der Waals surface area contributed by atoms with Crippen molar-refractivity contribution in [1.29, 1.82) is 5.26 Å². The van der Waals surface area contributed by atoms with Gasteiger partial charge in [0.1, 0.15) is 29.9 Å². The second kappa shape index (κ2) is 11.0. The zero-order chi connectivity index (χ0) is 25.8. The van der Waals surface area contributed by atoms with E-state index in [-0.39, 0.29) is 33.3 Å². The third-order valence-corrected chi connectivity index (χ3v) is 6.65. The molecule has 0 unspecified atom stereocenters. The number of aromatic nitrogens is 2. The van der Waals surface area contributed by atoms with Crippen LogP contribution in [0.2, 0.25) is 10.0 Å². The fraction of sp³-hybridized carbons (Fsp3) is 0.280. The Kier molecular flexibility index (Phi) is 7.77. The largest absolute Gasteiger partial charge is 0.493 e. The molecule has 4 rings (SSSR count). The molecule has 2 aromatic carbocycles. The highest BCUT2D eigenvalue weighted by Gasteiger charge is 2.26. The van der Waals surface area contributed by atoms with Crippen molar-refractivity contribution in [2.24, 2.45) is 0 Å². The van der Waals surface area contributed by atoms with Crippen molar-refractivity contribution in [3.63, 3.8) is 0 Å². The maximum Gasteiger partial charge on any atom is 0.264 e. The van der Waals surface area contributed by atoms with Gasteiger partial charge in [-0.05, 0) is 25.1 Å². The van der Waals surface area contributed by atoms with Gasteiger partial charge in [-0.25, -0.2) is 14.4 Å². The number of carbonyl (C=O) groups is 1. The van der Waals surface area contributed by atoms with Crippen LogP contribution < -0.4 is 14.8 Å². The standard InChI is InChI=1S/C25H22Cl2FN5O3/c1-3-14(12-29)25(34)33-8-6-15(7-9-33)36-21-10-16-19(11-20(21)35-2)30-13-31-24(16)32-18-5-4-17(26)22(27)23(18)28/h3-5,10-11,13,15H,6-9H2,1-2H3,(H,30,31,32)/b14-3-. The lowest BCUT2D eigenvalue weighted by atomic mass is 10.1. The minimum Gasteiger partial charge on any atom is -0.493 e. The molecule has 1 amide bonds. The van der Waals surface area contributed by atoms with Gasteiger partial charge in [0.2, 0.25) is 0 Å². The van der Waals surface area contributed by atoms with Gasteiger partial charge in [0.05, 0.1) is 28.4 Å². The lowest BCUT2D eigenvalue weighted by Gasteiger charge is -2.32. The van der Waals surface area contributed by atoms with Crippen LogP contribution in [0.5, 0.6) is 11.5 Å². The van der Waals surface area contributed by atoms with E-state index < -0.39 is 5.82 Å². The molecule has 1 aliphatic heterocycles. The van der Waals surface area contributed by atoms with E-state index in [0.717, 1.165) is 0 Å². The molecule has 11 heteroatoms. The molecule has 1 aromatic heterocycles. The third kappa shape index (κ3) is 5.15. The Bertz CT molecular complexity index is 1380. The van der Waals surface area contributed by atoms with Gasteiger partial charge >= 0.3 is 0 Å². The summed E-state index contributed by atoms with van der Waals surface area (Å²) in [5, 5.41) is 12.6. The maximum atomic E-state index is 14.6. The van der Waals surface area contributed by atoms with Gasteiger partial charge in [-0.1, -0.05) is 29.3 Å². The minimum absolute atomic E-state index is 0.106. The number of allylic oxidation sites excluding steroid dienone is 1. The van der Waals surface area contributed by atoms with E-state index in [2.05, 4.69) is 15.3 Å². The average molecular weight is 530 g/mol. The van der Waals surface area contributed by atoms with Gasteiger partial charge in [-0.2, -0.15) is 5.26 Å². The van der Waals surface area contributed by atoms with Crippen LogP contribution in [-0.2, 0) is 4.79 Å². The van der Waals surface area contributed by atoms with E-state index >= 15 is 0 Å². The van der Waals surface area contributed by atoms with Crippen LogP contribution in [0, 0.1) is 17.1 Å². The predicted molar refractivity (Wildman–Crippen MR) is 135 cm³/mol. The van der Waals surface area contributed by atoms with Crippen molar-refractivity contribution in [3.05, 3.63) is 58.1 Å². The van der Waals surface area contributed by atoms with E-state index in [0.29, 0.717) is 54.2 Å². The van der Waals surface area contributed by atoms with Gasteiger partial charge in [0, 0.05) is 37.4 Å². The number of piperidine rings is 1. The molecule has 0 spiro atoms. The second-order valence-electron chi connectivity index (χ2n) is 8.01. The smallest absolute Gasteiger partial charge is 0.264 e. The number of fused-ring (bicyclic) bond motifs is 1. The number of rotatable bonds is 6. The van der Waals surface area contributed by atoms with Gasteiger partial charge in [0.15, 0.2) is 17.3 Å².